The Morgan fingerprint density at radius 1 is 1.33 bits per heavy atom. The van der Waals surface area contributed by atoms with Crippen LogP contribution in [-0.2, 0) is 0 Å². The van der Waals surface area contributed by atoms with Crippen molar-refractivity contribution in [1.29, 1.82) is 0 Å². The minimum atomic E-state index is -1.12. The molecule has 0 spiro atoms. The normalized spacial score (nSPS) is 16.5. The number of carboxylic acids is 1. The molecule has 0 amide bonds. The summed E-state index contributed by atoms with van der Waals surface area (Å²) in [5, 5.41) is 8.59. The summed E-state index contributed by atoms with van der Waals surface area (Å²) in [6.45, 7) is 0. The van der Waals surface area contributed by atoms with E-state index in [0.29, 0.717) is 5.75 Å². The maximum atomic E-state index is 10.5. The van der Waals surface area contributed by atoms with Gasteiger partial charge in [-0.2, -0.15) is 0 Å². The number of carbonyl (C=O) groups is 1. The van der Waals surface area contributed by atoms with Crippen molar-refractivity contribution >= 4 is 5.97 Å². The van der Waals surface area contributed by atoms with Gasteiger partial charge >= 0.3 is 5.97 Å². The lowest BCUT2D eigenvalue weighted by Gasteiger charge is -2.11. The zero-order valence-electron chi connectivity index (χ0n) is 8.22. The summed E-state index contributed by atoms with van der Waals surface area (Å²) in [5.41, 5.74) is 0. The van der Waals surface area contributed by atoms with Gasteiger partial charge in [-0.15, -0.1) is 0 Å². The molecule has 0 saturated heterocycles. The zero-order chi connectivity index (χ0) is 10.7. The van der Waals surface area contributed by atoms with Gasteiger partial charge in [0, 0.05) is 0 Å². The number of hydrogen-bond donors (Lipinski definition) is 1. The Labute approximate surface area is 87.1 Å². The van der Waals surface area contributed by atoms with Crippen LogP contribution in [0.2, 0.25) is 0 Å². The number of hydrogen-bond acceptors (Lipinski definition) is 4. The standard InChI is InChI=1S/C10H12N2O3/c13-10(14)9-11-5-8(6-12-9)15-7-3-1-2-4-7/h5-7H,1-4H2,(H,13,14). The Bertz CT molecular complexity index is 344. The van der Waals surface area contributed by atoms with Crippen LogP contribution in [0, 0.1) is 0 Å². The number of aromatic nitrogens is 2. The number of carboxylic acid groups (broad SMARTS) is 1. The van der Waals surface area contributed by atoms with E-state index in [0.717, 1.165) is 12.8 Å². The predicted molar refractivity (Wildman–Crippen MR) is 51.9 cm³/mol. The predicted octanol–water partition coefficient (Wildman–Crippen LogP) is 1.50. The van der Waals surface area contributed by atoms with Crippen molar-refractivity contribution in [2.45, 2.75) is 31.8 Å². The monoisotopic (exact) mass is 208 g/mol. The summed E-state index contributed by atoms with van der Waals surface area (Å²) in [6, 6.07) is 0. The van der Waals surface area contributed by atoms with Crippen LogP contribution in [0.15, 0.2) is 12.4 Å². The van der Waals surface area contributed by atoms with Crippen LogP contribution in [0.4, 0.5) is 0 Å². The Balaban J connectivity index is 2.00. The van der Waals surface area contributed by atoms with Gasteiger partial charge in [-0.05, 0) is 25.7 Å². The molecule has 0 atom stereocenters. The fraction of sp³-hybridized carbons (Fsp3) is 0.500. The van der Waals surface area contributed by atoms with E-state index < -0.39 is 5.97 Å². The molecule has 1 saturated carbocycles. The molecule has 2 rings (SSSR count). The van der Waals surface area contributed by atoms with Crippen LogP contribution in [0.3, 0.4) is 0 Å². The van der Waals surface area contributed by atoms with E-state index >= 15 is 0 Å². The number of aromatic carboxylic acids is 1. The Kier molecular flexibility index (Phi) is 2.80. The lowest BCUT2D eigenvalue weighted by molar-refractivity contribution is 0.0683. The van der Waals surface area contributed by atoms with E-state index in [4.69, 9.17) is 9.84 Å². The largest absolute Gasteiger partial charge is 0.487 e. The van der Waals surface area contributed by atoms with Crippen molar-refractivity contribution in [3.63, 3.8) is 0 Å². The third-order valence-electron chi connectivity index (χ3n) is 2.42. The van der Waals surface area contributed by atoms with Crippen molar-refractivity contribution in [3.05, 3.63) is 18.2 Å². The van der Waals surface area contributed by atoms with Crippen molar-refractivity contribution < 1.29 is 14.6 Å². The van der Waals surface area contributed by atoms with Crippen LogP contribution >= 0.6 is 0 Å². The second-order valence-corrected chi connectivity index (χ2v) is 3.57. The van der Waals surface area contributed by atoms with E-state index in [1.807, 2.05) is 0 Å². The van der Waals surface area contributed by atoms with Gasteiger partial charge in [0.1, 0.15) is 0 Å². The maximum Gasteiger partial charge on any atom is 0.373 e. The minimum Gasteiger partial charge on any atom is -0.487 e. The second-order valence-electron chi connectivity index (χ2n) is 3.57. The molecule has 0 bridgehead atoms. The van der Waals surface area contributed by atoms with Gasteiger partial charge in [-0.3, -0.25) is 0 Å². The molecule has 0 radical (unpaired) electrons. The Morgan fingerprint density at radius 2 is 1.93 bits per heavy atom. The molecule has 1 N–H and O–H groups in total. The Hall–Kier alpha value is -1.65. The lowest BCUT2D eigenvalue weighted by atomic mass is 10.3. The molecule has 1 aromatic rings. The molecule has 1 aliphatic carbocycles. The first-order valence-electron chi connectivity index (χ1n) is 4.98. The second kappa shape index (κ2) is 4.25. The quantitative estimate of drug-likeness (QED) is 0.814. The number of nitrogens with zero attached hydrogens (tertiary/aromatic N) is 2. The summed E-state index contributed by atoms with van der Waals surface area (Å²) >= 11 is 0. The van der Waals surface area contributed by atoms with Gasteiger partial charge < -0.3 is 9.84 Å². The maximum absolute atomic E-state index is 10.5. The smallest absolute Gasteiger partial charge is 0.373 e. The van der Waals surface area contributed by atoms with E-state index in [2.05, 4.69) is 9.97 Å². The van der Waals surface area contributed by atoms with Crippen LogP contribution in [0.1, 0.15) is 36.3 Å². The third kappa shape index (κ3) is 2.43. The fourth-order valence-electron chi connectivity index (χ4n) is 1.69. The van der Waals surface area contributed by atoms with E-state index in [1.165, 1.54) is 25.2 Å². The van der Waals surface area contributed by atoms with Gasteiger partial charge in [0.2, 0.25) is 5.82 Å². The van der Waals surface area contributed by atoms with Gasteiger partial charge in [-0.25, -0.2) is 14.8 Å². The molecule has 1 heterocycles. The molecule has 1 fully saturated rings. The molecule has 15 heavy (non-hydrogen) atoms. The highest BCUT2D eigenvalue weighted by atomic mass is 16.5. The highest BCUT2D eigenvalue weighted by molar-refractivity contribution is 5.82. The molecule has 80 valence electrons. The summed E-state index contributed by atoms with van der Waals surface area (Å²) < 4.78 is 5.59. The topological polar surface area (TPSA) is 72.3 Å². The average Bonchev–Trinajstić information content (AvgIpc) is 2.71. The molecular formula is C10H12N2O3. The molecular weight excluding hydrogens is 196 g/mol. The van der Waals surface area contributed by atoms with Crippen molar-refractivity contribution in [3.8, 4) is 5.75 Å². The highest BCUT2D eigenvalue weighted by Crippen LogP contribution is 2.22. The molecule has 1 aromatic heterocycles. The van der Waals surface area contributed by atoms with Gasteiger partial charge in [0.05, 0.1) is 18.5 Å². The van der Waals surface area contributed by atoms with Gasteiger partial charge in [0.15, 0.2) is 5.75 Å². The van der Waals surface area contributed by atoms with E-state index in [1.54, 1.807) is 0 Å². The first-order valence-corrected chi connectivity index (χ1v) is 4.98. The molecule has 5 heteroatoms. The number of rotatable bonds is 3. The minimum absolute atomic E-state index is 0.200. The summed E-state index contributed by atoms with van der Waals surface area (Å²) in [6.07, 6.45) is 7.56. The molecule has 1 aliphatic rings. The van der Waals surface area contributed by atoms with Crippen LogP contribution in [0.25, 0.3) is 0 Å². The molecule has 0 aromatic carbocycles. The van der Waals surface area contributed by atoms with Crippen molar-refractivity contribution in [2.75, 3.05) is 0 Å². The molecule has 0 aliphatic heterocycles. The highest BCUT2D eigenvalue weighted by Gasteiger charge is 2.17. The van der Waals surface area contributed by atoms with Crippen molar-refractivity contribution in [2.24, 2.45) is 0 Å². The molecule has 0 unspecified atom stereocenters. The van der Waals surface area contributed by atoms with Crippen LogP contribution < -0.4 is 4.74 Å². The summed E-state index contributed by atoms with van der Waals surface area (Å²) in [7, 11) is 0. The number of ether oxygens (including phenoxy) is 1. The first-order chi connectivity index (χ1) is 7.25. The third-order valence-corrected chi connectivity index (χ3v) is 2.42. The lowest BCUT2D eigenvalue weighted by Crippen LogP contribution is -2.12. The van der Waals surface area contributed by atoms with Gasteiger partial charge in [-0.1, -0.05) is 0 Å². The summed E-state index contributed by atoms with van der Waals surface area (Å²) in [5.74, 6) is -0.775. The van der Waals surface area contributed by atoms with E-state index in [9.17, 15) is 4.79 Å². The SMILES string of the molecule is O=C(O)c1ncc(OC2CCCC2)cn1. The average molecular weight is 208 g/mol. The molecule has 5 nitrogen and oxygen atoms in total. The first kappa shape index (κ1) is 9.89. The van der Waals surface area contributed by atoms with Gasteiger partial charge in [0.25, 0.3) is 0 Å². The van der Waals surface area contributed by atoms with Crippen LogP contribution in [-0.4, -0.2) is 27.1 Å². The van der Waals surface area contributed by atoms with Crippen molar-refractivity contribution in [1.82, 2.24) is 9.97 Å². The fourth-order valence-corrected chi connectivity index (χ4v) is 1.69. The Morgan fingerprint density at radius 3 is 2.47 bits per heavy atom. The zero-order valence-corrected chi connectivity index (χ0v) is 8.22. The summed E-state index contributed by atoms with van der Waals surface area (Å²) in [4.78, 5) is 17.9. The van der Waals surface area contributed by atoms with Crippen LogP contribution in [0.5, 0.6) is 5.75 Å². The van der Waals surface area contributed by atoms with E-state index in [-0.39, 0.29) is 11.9 Å².